The van der Waals surface area contributed by atoms with Crippen molar-refractivity contribution >= 4 is 5.97 Å². The maximum absolute atomic E-state index is 10.4. The molecule has 0 unspecified atom stereocenters. The second-order valence-electron chi connectivity index (χ2n) is 4.27. The van der Waals surface area contributed by atoms with Gasteiger partial charge in [0.1, 0.15) is 0 Å². The van der Waals surface area contributed by atoms with Crippen molar-refractivity contribution < 1.29 is 9.90 Å². The lowest BCUT2D eigenvalue weighted by atomic mass is 9.89. The Labute approximate surface area is 74.2 Å². The van der Waals surface area contributed by atoms with Crippen LogP contribution in [0.4, 0.5) is 0 Å². The first kappa shape index (κ1) is 11.4. The van der Waals surface area contributed by atoms with Gasteiger partial charge >= 0.3 is 5.97 Å². The monoisotopic (exact) mass is 173 g/mol. The zero-order valence-electron chi connectivity index (χ0n) is 8.35. The molecule has 0 fully saturated rings. The third kappa shape index (κ3) is 6.16. The summed E-state index contributed by atoms with van der Waals surface area (Å²) in [4.78, 5) is 10.4. The average molecular weight is 173 g/mol. The highest BCUT2D eigenvalue weighted by atomic mass is 16.4. The van der Waals surface area contributed by atoms with Crippen LogP contribution in [-0.4, -0.2) is 23.7 Å². The van der Waals surface area contributed by atoms with Crippen molar-refractivity contribution in [2.24, 2.45) is 5.41 Å². The first-order chi connectivity index (χ1) is 5.33. The molecule has 72 valence electrons. The minimum Gasteiger partial charge on any atom is -0.481 e. The fraction of sp³-hybridized carbons (Fsp3) is 0.889. The Morgan fingerprint density at radius 1 is 1.50 bits per heavy atom. The van der Waals surface area contributed by atoms with Crippen molar-refractivity contribution in [3.63, 3.8) is 0 Å². The molecule has 12 heavy (non-hydrogen) atoms. The molecule has 0 saturated carbocycles. The van der Waals surface area contributed by atoms with Gasteiger partial charge in [-0.05, 0) is 5.41 Å². The predicted octanol–water partition coefficient (Wildman–Crippen LogP) is 1.49. The molecular weight excluding hydrogens is 154 g/mol. The first-order valence-electron chi connectivity index (χ1n) is 4.29. The van der Waals surface area contributed by atoms with Crippen LogP contribution in [0, 0.1) is 5.41 Å². The standard InChI is InChI=1S/C9H19NO2/c1-7(2)10-6-9(3,4)5-8(11)12/h7,10H,5-6H2,1-4H3,(H,11,12). The van der Waals surface area contributed by atoms with Crippen LogP contribution in [0.1, 0.15) is 34.1 Å². The van der Waals surface area contributed by atoms with Gasteiger partial charge in [0.2, 0.25) is 0 Å². The third-order valence-electron chi connectivity index (χ3n) is 1.62. The normalized spacial score (nSPS) is 12.1. The van der Waals surface area contributed by atoms with Gasteiger partial charge in [0.15, 0.2) is 0 Å². The molecule has 0 aromatic rings. The van der Waals surface area contributed by atoms with Crippen LogP contribution in [0.25, 0.3) is 0 Å². The smallest absolute Gasteiger partial charge is 0.303 e. The van der Waals surface area contributed by atoms with Gasteiger partial charge in [0, 0.05) is 12.6 Å². The molecule has 2 N–H and O–H groups in total. The molecule has 0 heterocycles. The van der Waals surface area contributed by atoms with E-state index in [4.69, 9.17) is 5.11 Å². The maximum Gasteiger partial charge on any atom is 0.303 e. The van der Waals surface area contributed by atoms with Gasteiger partial charge in [-0.25, -0.2) is 0 Å². The quantitative estimate of drug-likeness (QED) is 0.662. The lowest BCUT2D eigenvalue weighted by molar-refractivity contribution is -0.139. The van der Waals surface area contributed by atoms with Gasteiger partial charge < -0.3 is 10.4 Å². The summed E-state index contributed by atoms with van der Waals surface area (Å²) < 4.78 is 0. The summed E-state index contributed by atoms with van der Waals surface area (Å²) >= 11 is 0. The zero-order valence-corrected chi connectivity index (χ0v) is 8.35. The molecule has 0 amide bonds. The molecule has 0 bridgehead atoms. The van der Waals surface area contributed by atoms with E-state index < -0.39 is 5.97 Å². The lowest BCUT2D eigenvalue weighted by Gasteiger charge is -2.24. The van der Waals surface area contributed by atoms with Crippen LogP contribution in [0.3, 0.4) is 0 Å². The fourth-order valence-corrected chi connectivity index (χ4v) is 0.952. The second kappa shape index (κ2) is 4.45. The van der Waals surface area contributed by atoms with E-state index in [1.807, 2.05) is 13.8 Å². The van der Waals surface area contributed by atoms with Gasteiger partial charge in [-0.2, -0.15) is 0 Å². The molecule has 0 rings (SSSR count). The fourth-order valence-electron chi connectivity index (χ4n) is 0.952. The summed E-state index contributed by atoms with van der Waals surface area (Å²) in [5, 5.41) is 11.8. The summed E-state index contributed by atoms with van der Waals surface area (Å²) in [5.41, 5.74) is -0.157. The van der Waals surface area contributed by atoms with Crippen molar-refractivity contribution in [2.75, 3.05) is 6.54 Å². The Morgan fingerprint density at radius 2 is 2.00 bits per heavy atom. The minimum atomic E-state index is -0.731. The number of rotatable bonds is 5. The van der Waals surface area contributed by atoms with Crippen molar-refractivity contribution in [3.05, 3.63) is 0 Å². The van der Waals surface area contributed by atoms with Crippen LogP contribution in [-0.2, 0) is 4.79 Å². The Bertz CT molecular complexity index is 153. The van der Waals surface area contributed by atoms with Gasteiger partial charge in [-0.1, -0.05) is 27.7 Å². The number of nitrogens with one attached hydrogen (secondary N) is 1. The molecule has 0 spiro atoms. The van der Waals surface area contributed by atoms with Gasteiger partial charge in [0.05, 0.1) is 6.42 Å². The number of carbonyl (C=O) groups is 1. The highest BCUT2D eigenvalue weighted by Crippen LogP contribution is 2.18. The van der Waals surface area contributed by atoms with Crippen LogP contribution in [0.15, 0.2) is 0 Å². The molecule has 0 aliphatic carbocycles. The molecule has 3 heteroatoms. The van der Waals surface area contributed by atoms with E-state index in [0.717, 1.165) is 6.54 Å². The predicted molar refractivity (Wildman–Crippen MR) is 49.2 cm³/mol. The lowest BCUT2D eigenvalue weighted by Crippen LogP contribution is -2.35. The van der Waals surface area contributed by atoms with E-state index in [2.05, 4.69) is 19.2 Å². The summed E-state index contributed by atoms with van der Waals surface area (Å²) in [6.45, 7) is 8.76. The number of hydrogen-bond acceptors (Lipinski definition) is 2. The number of carboxylic acid groups (broad SMARTS) is 1. The Hall–Kier alpha value is -0.570. The molecule has 0 aromatic heterocycles. The number of hydrogen-bond donors (Lipinski definition) is 2. The molecule has 0 aliphatic heterocycles. The van der Waals surface area contributed by atoms with Crippen molar-refractivity contribution in [1.29, 1.82) is 0 Å². The van der Waals surface area contributed by atoms with E-state index in [9.17, 15) is 4.79 Å². The van der Waals surface area contributed by atoms with Crippen molar-refractivity contribution in [1.82, 2.24) is 5.32 Å². The van der Waals surface area contributed by atoms with Crippen LogP contribution in [0.5, 0.6) is 0 Å². The van der Waals surface area contributed by atoms with Gasteiger partial charge in [0.25, 0.3) is 0 Å². The van der Waals surface area contributed by atoms with E-state index in [-0.39, 0.29) is 11.8 Å². The van der Waals surface area contributed by atoms with E-state index in [1.54, 1.807) is 0 Å². The van der Waals surface area contributed by atoms with Crippen LogP contribution < -0.4 is 5.32 Å². The van der Waals surface area contributed by atoms with Crippen LogP contribution in [0.2, 0.25) is 0 Å². The topological polar surface area (TPSA) is 49.3 Å². The molecule has 0 aromatic carbocycles. The third-order valence-corrected chi connectivity index (χ3v) is 1.62. The van der Waals surface area contributed by atoms with Gasteiger partial charge in [-0.3, -0.25) is 4.79 Å². The Morgan fingerprint density at radius 3 is 2.33 bits per heavy atom. The summed E-state index contributed by atoms with van der Waals surface area (Å²) in [7, 11) is 0. The van der Waals surface area contributed by atoms with Crippen LogP contribution >= 0.6 is 0 Å². The number of aliphatic carboxylic acids is 1. The molecule has 0 atom stereocenters. The summed E-state index contributed by atoms with van der Waals surface area (Å²) in [6, 6.07) is 0.415. The Kier molecular flexibility index (Phi) is 4.24. The summed E-state index contributed by atoms with van der Waals surface area (Å²) in [6.07, 6.45) is 0.215. The van der Waals surface area contributed by atoms with Crippen molar-refractivity contribution in [2.45, 2.75) is 40.2 Å². The zero-order chi connectivity index (χ0) is 9.78. The van der Waals surface area contributed by atoms with Crippen molar-refractivity contribution in [3.8, 4) is 0 Å². The molecule has 0 saturated heterocycles. The molecule has 0 aliphatic rings. The highest BCUT2D eigenvalue weighted by molar-refractivity contribution is 5.67. The largest absolute Gasteiger partial charge is 0.481 e. The number of carboxylic acids is 1. The van der Waals surface area contributed by atoms with E-state index in [1.165, 1.54) is 0 Å². The van der Waals surface area contributed by atoms with E-state index in [0.29, 0.717) is 6.04 Å². The maximum atomic E-state index is 10.4. The molecular formula is C9H19NO2. The SMILES string of the molecule is CC(C)NCC(C)(C)CC(=O)O. The van der Waals surface area contributed by atoms with Gasteiger partial charge in [-0.15, -0.1) is 0 Å². The Balaban J connectivity index is 3.78. The highest BCUT2D eigenvalue weighted by Gasteiger charge is 2.21. The minimum absolute atomic E-state index is 0.157. The summed E-state index contributed by atoms with van der Waals surface area (Å²) in [5.74, 6) is -0.731. The molecule has 3 nitrogen and oxygen atoms in total. The second-order valence-corrected chi connectivity index (χ2v) is 4.27. The first-order valence-corrected chi connectivity index (χ1v) is 4.29. The van der Waals surface area contributed by atoms with E-state index >= 15 is 0 Å². The molecule has 0 radical (unpaired) electrons. The average Bonchev–Trinajstić information content (AvgIpc) is 1.81.